The Labute approximate surface area is 143 Å². The van der Waals surface area contributed by atoms with Crippen molar-refractivity contribution in [3.8, 4) is 0 Å². The minimum absolute atomic E-state index is 0.0576. The number of benzene rings is 2. The van der Waals surface area contributed by atoms with Crippen LogP contribution in [0.25, 0.3) is 0 Å². The molecular weight excluding hydrogens is 356 g/mol. The van der Waals surface area contributed by atoms with E-state index < -0.39 is 0 Å². The standard InChI is InChI=1S/C18H17BrN2O2/c1-20(2)13-6-7-14-12(10-13)8-9-21(18(14)23)17-5-3-4-16(19)15(17)11-22/h3-7,10-11H,8-9H2,1-2H3. The van der Waals surface area contributed by atoms with Crippen LogP contribution in [0.15, 0.2) is 40.9 Å². The predicted molar refractivity (Wildman–Crippen MR) is 95.7 cm³/mol. The van der Waals surface area contributed by atoms with Crippen LogP contribution in [0.5, 0.6) is 0 Å². The van der Waals surface area contributed by atoms with Gasteiger partial charge in [0.1, 0.15) is 0 Å². The molecule has 1 amide bonds. The van der Waals surface area contributed by atoms with E-state index in [9.17, 15) is 9.59 Å². The Morgan fingerprint density at radius 1 is 1.22 bits per heavy atom. The van der Waals surface area contributed by atoms with Gasteiger partial charge in [0.05, 0.1) is 11.3 Å². The number of halogens is 1. The van der Waals surface area contributed by atoms with E-state index in [1.54, 1.807) is 11.0 Å². The lowest BCUT2D eigenvalue weighted by Gasteiger charge is -2.30. The van der Waals surface area contributed by atoms with Gasteiger partial charge in [-0.3, -0.25) is 9.59 Å². The minimum atomic E-state index is -0.0576. The van der Waals surface area contributed by atoms with Gasteiger partial charge >= 0.3 is 0 Å². The zero-order valence-electron chi connectivity index (χ0n) is 13.0. The zero-order valence-corrected chi connectivity index (χ0v) is 14.6. The molecule has 0 atom stereocenters. The predicted octanol–water partition coefficient (Wildman–Crippen LogP) is 3.53. The quantitative estimate of drug-likeness (QED) is 0.773. The van der Waals surface area contributed by atoms with Gasteiger partial charge in [0.15, 0.2) is 6.29 Å². The Hall–Kier alpha value is -2.14. The average Bonchev–Trinajstić information content (AvgIpc) is 2.54. The second kappa shape index (κ2) is 6.16. The van der Waals surface area contributed by atoms with Gasteiger partial charge in [-0.25, -0.2) is 0 Å². The zero-order chi connectivity index (χ0) is 16.6. The Morgan fingerprint density at radius 2 is 2.00 bits per heavy atom. The smallest absolute Gasteiger partial charge is 0.258 e. The molecule has 2 aromatic rings. The molecule has 1 aliphatic heterocycles. The fourth-order valence-electron chi connectivity index (χ4n) is 2.86. The van der Waals surface area contributed by atoms with Crippen molar-refractivity contribution in [3.05, 3.63) is 57.6 Å². The van der Waals surface area contributed by atoms with Gasteiger partial charge in [0.2, 0.25) is 0 Å². The third-order valence-corrected chi connectivity index (χ3v) is 4.82. The first-order chi connectivity index (χ1) is 11.0. The minimum Gasteiger partial charge on any atom is -0.378 e. The van der Waals surface area contributed by atoms with Gasteiger partial charge in [-0.2, -0.15) is 0 Å². The molecule has 1 heterocycles. The number of amides is 1. The van der Waals surface area contributed by atoms with Gasteiger partial charge in [-0.15, -0.1) is 0 Å². The second-order valence-corrected chi connectivity index (χ2v) is 6.59. The Morgan fingerprint density at radius 3 is 2.70 bits per heavy atom. The van der Waals surface area contributed by atoms with Crippen LogP contribution in [0.1, 0.15) is 26.3 Å². The van der Waals surface area contributed by atoms with Crippen molar-refractivity contribution >= 4 is 39.5 Å². The van der Waals surface area contributed by atoms with E-state index in [4.69, 9.17) is 0 Å². The highest BCUT2D eigenvalue weighted by Gasteiger charge is 2.27. The maximum atomic E-state index is 12.9. The van der Waals surface area contributed by atoms with Crippen molar-refractivity contribution < 1.29 is 9.59 Å². The fraction of sp³-hybridized carbons (Fsp3) is 0.222. The van der Waals surface area contributed by atoms with Crippen LogP contribution in [0.2, 0.25) is 0 Å². The van der Waals surface area contributed by atoms with Gasteiger partial charge in [-0.1, -0.05) is 6.07 Å². The van der Waals surface area contributed by atoms with E-state index in [1.165, 1.54) is 0 Å². The Kier molecular flexibility index (Phi) is 4.22. The van der Waals surface area contributed by atoms with E-state index in [0.717, 1.165) is 24.0 Å². The molecule has 0 bridgehead atoms. The van der Waals surface area contributed by atoms with Crippen LogP contribution in [0, 0.1) is 0 Å². The Balaban J connectivity index is 2.02. The number of carbonyl (C=O) groups is 2. The molecular formula is C18H17BrN2O2. The lowest BCUT2D eigenvalue weighted by molar-refractivity contribution is 0.0980. The van der Waals surface area contributed by atoms with Crippen LogP contribution in [0.4, 0.5) is 11.4 Å². The van der Waals surface area contributed by atoms with E-state index in [0.29, 0.717) is 27.8 Å². The summed E-state index contributed by atoms with van der Waals surface area (Å²) in [4.78, 5) is 28.0. The monoisotopic (exact) mass is 372 g/mol. The summed E-state index contributed by atoms with van der Waals surface area (Å²) in [7, 11) is 3.97. The molecule has 0 aliphatic carbocycles. The molecule has 4 nitrogen and oxygen atoms in total. The van der Waals surface area contributed by atoms with Crippen LogP contribution in [0.3, 0.4) is 0 Å². The highest BCUT2D eigenvalue weighted by Crippen LogP contribution is 2.31. The number of anilines is 2. The molecule has 23 heavy (non-hydrogen) atoms. The summed E-state index contributed by atoms with van der Waals surface area (Å²) in [6, 6.07) is 11.3. The third kappa shape index (κ3) is 2.77. The number of carbonyl (C=O) groups excluding carboxylic acids is 2. The van der Waals surface area contributed by atoms with Crippen molar-refractivity contribution in [1.29, 1.82) is 0 Å². The summed E-state index contributed by atoms with van der Waals surface area (Å²) in [5.41, 5.74) is 4.01. The lowest BCUT2D eigenvalue weighted by Crippen LogP contribution is -2.38. The first-order valence-corrected chi connectivity index (χ1v) is 8.18. The lowest BCUT2D eigenvalue weighted by atomic mass is 9.97. The van der Waals surface area contributed by atoms with Crippen molar-refractivity contribution in [2.75, 3.05) is 30.4 Å². The molecule has 0 unspecified atom stereocenters. The van der Waals surface area contributed by atoms with E-state index >= 15 is 0 Å². The molecule has 118 valence electrons. The van der Waals surface area contributed by atoms with Crippen molar-refractivity contribution in [3.63, 3.8) is 0 Å². The fourth-order valence-corrected chi connectivity index (χ4v) is 3.31. The SMILES string of the molecule is CN(C)c1ccc2c(c1)CCN(c1cccc(Br)c1C=O)C2=O. The number of fused-ring (bicyclic) bond motifs is 1. The highest BCUT2D eigenvalue weighted by molar-refractivity contribution is 9.10. The first-order valence-electron chi connectivity index (χ1n) is 7.38. The number of rotatable bonds is 3. The molecule has 0 N–H and O–H groups in total. The molecule has 0 fully saturated rings. The molecule has 0 saturated carbocycles. The molecule has 0 spiro atoms. The summed E-state index contributed by atoms with van der Waals surface area (Å²) < 4.78 is 0.701. The van der Waals surface area contributed by atoms with E-state index in [1.807, 2.05) is 43.3 Å². The summed E-state index contributed by atoms with van der Waals surface area (Å²) in [6.07, 6.45) is 1.56. The summed E-state index contributed by atoms with van der Waals surface area (Å²) >= 11 is 3.38. The van der Waals surface area contributed by atoms with Crippen LogP contribution < -0.4 is 9.80 Å². The van der Waals surface area contributed by atoms with Crippen LogP contribution in [-0.2, 0) is 6.42 Å². The number of aldehydes is 1. The largest absolute Gasteiger partial charge is 0.378 e. The van der Waals surface area contributed by atoms with Crippen molar-refractivity contribution in [1.82, 2.24) is 0 Å². The van der Waals surface area contributed by atoms with Crippen molar-refractivity contribution in [2.45, 2.75) is 6.42 Å². The number of nitrogens with zero attached hydrogens (tertiary/aromatic N) is 2. The van der Waals surface area contributed by atoms with E-state index in [2.05, 4.69) is 22.0 Å². The number of hydrogen-bond donors (Lipinski definition) is 0. The molecule has 2 aromatic carbocycles. The van der Waals surface area contributed by atoms with Gasteiger partial charge in [-0.05, 0) is 58.2 Å². The second-order valence-electron chi connectivity index (χ2n) is 5.73. The molecule has 5 heteroatoms. The number of hydrogen-bond acceptors (Lipinski definition) is 3. The molecule has 0 saturated heterocycles. The Bertz CT molecular complexity index is 787. The topological polar surface area (TPSA) is 40.6 Å². The van der Waals surface area contributed by atoms with Gasteiger partial charge in [0, 0.05) is 36.4 Å². The summed E-state index contributed by atoms with van der Waals surface area (Å²) in [5, 5.41) is 0. The highest BCUT2D eigenvalue weighted by atomic mass is 79.9. The molecule has 0 radical (unpaired) electrons. The maximum absolute atomic E-state index is 12.9. The normalized spacial score (nSPS) is 13.7. The molecule has 1 aliphatic rings. The summed E-state index contributed by atoms with van der Waals surface area (Å²) in [6.45, 7) is 0.569. The molecule has 0 aromatic heterocycles. The summed E-state index contributed by atoms with van der Waals surface area (Å²) in [5.74, 6) is -0.0576. The van der Waals surface area contributed by atoms with Crippen LogP contribution in [-0.4, -0.2) is 32.8 Å². The molecule has 3 rings (SSSR count). The third-order valence-electron chi connectivity index (χ3n) is 4.12. The first kappa shape index (κ1) is 15.7. The maximum Gasteiger partial charge on any atom is 0.258 e. The van der Waals surface area contributed by atoms with Crippen LogP contribution >= 0.6 is 15.9 Å². The average molecular weight is 373 g/mol. The van der Waals surface area contributed by atoms with Crippen molar-refractivity contribution in [2.24, 2.45) is 0 Å². The van der Waals surface area contributed by atoms with Gasteiger partial charge < -0.3 is 9.80 Å². The van der Waals surface area contributed by atoms with Gasteiger partial charge in [0.25, 0.3) is 5.91 Å². The van der Waals surface area contributed by atoms with E-state index in [-0.39, 0.29) is 5.91 Å².